The van der Waals surface area contributed by atoms with Gasteiger partial charge in [-0.2, -0.15) is 5.26 Å². The molecule has 22 heavy (non-hydrogen) atoms. The summed E-state index contributed by atoms with van der Waals surface area (Å²) < 4.78 is 0. The Kier molecular flexibility index (Phi) is 5.79. The molecule has 1 aromatic carbocycles. The maximum Gasteiger partial charge on any atom is 0.236 e. The number of amides is 2. The lowest BCUT2D eigenvalue weighted by atomic mass is 10.1. The largest absolute Gasteiger partial charge is 0.339 e. The van der Waals surface area contributed by atoms with Crippen LogP contribution in [0.5, 0.6) is 0 Å². The van der Waals surface area contributed by atoms with E-state index >= 15 is 0 Å². The van der Waals surface area contributed by atoms with Crippen molar-refractivity contribution >= 4 is 23.4 Å². The molecule has 1 aliphatic rings. The topological polar surface area (TPSA) is 64.4 Å². The average Bonchev–Trinajstić information content (AvgIpc) is 2.53. The number of halogens is 1. The maximum atomic E-state index is 12.2. The highest BCUT2D eigenvalue weighted by atomic mass is 35.5. The summed E-state index contributed by atoms with van der Waals surface area (Å²) in [5, 5.41) is 9.21. The van der Waals surface area contributed by atoms with E-state index in [-0.39, 0.29) is 18.2 Å². The molecule has 5 nitrogen and oxygen atoms in total. The number of hydrogen-bond acceptors (Lipinski definition) is 3. The number of hydrogen-bond donors (Lipinski definition) is 0. The van der Waals surface area contributed by atoms with Crippen LogP contribution in [-0.4, -0.2) is 47.8 Å². The summed E-state index contributed by atoms with van der Waals surface area (Å²) in [7, 11) is 0. The van der Waals surface area contributed by atoms with E-state index in [1.54, 1.807) is 9.80 Å². The van der Waals surface area contributed by atoms with Crippen molar-refractivity contribution in [2.24, 2.45) is 0 Å². The molecule has 0 atom stereocenters. The van der Waals surface area contributed by atoms with Gasteiger partial charge in [-0.1, -0.05) is 23.7 Å². The van der Waals surface area contributed by atoms with Gasteiger partial charge in [0.05, 0.1) is 6.07 Å². The molecule has 0 spiro atoms. The Balaban J connectivity index is 1.78. The van der Waals surface area contributed by atoms with Crippen LogP contribution < -0.4 is 0 Å². The molecule has 0 aliphatic carbocycles. The standard InChI is InChI=1S/C16H18ClN3O2/c17-14-3-1-2-13(12-14)4-5-15(21)19-8-10-20(11-9-19)16(22)6-7-18/h1-3,12H,4-6,8-11H2. The highest BCUT2D eigenvalue weighted by Crippen LogP contribution is 2.13. The third-order valence-electron chi connectivity index (χ3n) is 3.73. The predicted molar refractivity (Wildman–Crippen MR) is 83.2 cm³/mol. The molecule has 0 radical (unpaired) electrons. The molecule has 2 rings (SSSR count). The molecule has 2 amide bonds. The molecule has 0 saturated carbocycles. The van der Waals surface area contributed by atoms with Crippen LogP contribution in [0.3, 0.4) is 0 Å². The van der Waals surface area contributed by atoms with Crippen LogP contribution in [0.4, 0.5) is 0 Å². The van der Waals surface area contributed by atoms with Crippen molar-refractivity contribution in [1.82, 2.24) is 9.80 Å². The second-order valence-corrected chi connectivity index (χ2v) is 5.66. The van der Waals surface area contributed by atoms with Gasteiger partial charge in [0.1, 0.15) is 6.42 Å². The van der Waals surface area contributed by atoms with Crippen molar-refractivity contribution in [3.05, 3.63) is 34.9 Å². The van der Waals surface area contributed by atoms with Crippen LogP contribution in [-0.2, 0) is 16.0 Å². The lowest BCUT2D eigenvalue weighted by Gasteiger charge is -2.34. The van der Waals surface area contributed by atoms with E-state index in [2.05, 4.69) is 0 Å². The number of aryl methyl sites for hydroxylation is 1. The van der Waals surface area contributed by atoms with Gasteiger partial charge in [0, 0.05) is 37.6 Å². The van der Waals surface area contributed by atoms with Gasteiger partial charge >= 0.3 is 0 Å². The molecule has 1 heterocycles. The van der Waals surface area contributed by atoms with Crippen LogP contribution in [0.2, 0.25) is 5.02 Å². The van der Waals surface area contributed by atoms with Crippen molar-refractivity contribution < 1.29 is 9.59 Å². The second kappa shape index (κ2) is 7.81. The van der Waals surface area contributed by atoms with Gasteiger partial charge in [-0.3, -0.25) is 9.59 Å². The van der Waals surface area contributed by atoms with Gasteiger partial charge in [-0.25, -0.2) is 0 Å². The van der Waals surface area contributed by atoms with E-state index in [9.17, 15) is 9.59 Å². The summed E-state index contributed by atoms with van der Waals surface area (Å²) in [5.74, 6) is -0.0686. The zero-order valence-electron chi connectivity index (χ0n) is 12.3. The fourth-order valence-electron chi connectivity index (χ4n) is 2.49. The fourth-order valence-corrected chi connectivity index (χ4v) is 2.70. The summed E-state index contributed by atoms with van der Waals surface area (Å²) in [6.07, 6.45) is 1.00. The number of nitrogens with zero attached hydrogens (tertiary/aromatic N) is 3. The molecule has 116 valence electrons. The van der Waals surface area contributed by atoms with Gasteiger partial charge in [-0.05, 0) is 24.1 Å². The number of nitriles is 1. The average molecular weight is 320 g/mol. The Morgan fingerprint density at radius 3 is 2.36 bits per heavy atom. The maximum absolute atomic E-state index is 12.2. The van der Waals surface area contributed by atoms with E-state index in [1.807, 2.05) is 30.3 Å². The van der Waals surface area contributed by atoms with Crippen LogP contribution in [0, 0.1) is 11.3 Å². The van der Waals surface area contributed by atoms with Crippen molar-refractivity contribution in [1.29, 1.82) is 5.26 Å². The summed E-state index contributed by atoms with van der Waals surface area (Å²) >= 11 is 5.92. The third-order valence-corrected chi connectivity index (χ3v) is 3.97. The molecule has 1 aliphatic heterocycles. The Hall–Kier alpha value is -2.06. The Labute approximate surface area is 135 Å². The van der Waals surface area contributed by atoms with Crippen molar-refractivity contribution in [3.8, 4) is 6.07 Å². The number of carbonyl (C=O) groups excluding carboxylic acids is 2. The fraction of sp³-hybridized carbons (Fsp3) is 0.438. The van der Waals surface area contributed by atoms with Gasteiger partial charge in [0.15, 0.2) is 0 Å². The van der Waals surface area contributed by atoms with Crippen LogP contribution >= 0.6 is 11.6 Å². The summed E-state index contributed by atoms with van der Waals surface area (Å²) in [5.41, 5.74) is 1.05. The minimum absolute atomic E-state index is 0.0901. The van der Waals surface area contributed by atoms with Crippen LogP contribution in [0.1, 0.15) is 18.4 Å². The van der Waals surface area contributed by atoms with E-state index < -0.39 is 0 Å². The zero-order chi connectivity index (χ0) is 15.9. The molecular weight excluding hydrogens is 302 g/mol. The number of benzene rings is 1. The molecule has 1 fully saturated rings. The lowest BCUT2D eigenvalue weighted by molar-refractivity contribution is -0.139. The Bertz CT molecular complexity index is 589. The van der Waals surface area contributed by atoms with E-state index in [4.69, 9.17) is 16.9 Å². The second-order valence-electron chi connectivity index (χ2n) is 5.23. The van der Waals surface area contributed by atoms with E-state index in [0.717, 1.165) is 5.56 Å². The summed E-state index contributed by atoms with van der Waals surface area (Å²) in [6, 6.07) is 9.37. The van der Waals surface area contributed by atoms with Gasteiger partial charge in [-0.15, -0.1) is 0 Å². The van der Waals surface area contributed by atoms with E-state index in [0.29, 0.717) is 44.0 Å². The van der Waals surface area contributed by atoms with Crippen molar-refractivity contribution in [2.45, 2.75) is 19.3 Å². The highest BCUT2D eigenvalue weighted by Gasteiger charge is 2.23. The van der Waals surface area contributed by atoms with Crippen molar-refractivity contribution in [3.63, 3.8) is 0 Å². The highest BCUT2D eigenvalue weighted by molar-refractivity contribution is 6.30. The normalized spacial score (nSPS) is 14.5. The lowest BCUT2D eigenvalue weighted by Crippen LogP contribution is -2.50. The predicted octanol–water partition coefficient (Wildman–Crippen LogP) is 1.86. The SMILES string of the molecule is N#CCC(=O)N1CCN(C(=O)CCc2cccc(Cl)c2)CC1. The summed E-state index contributed by atoms with van der Waals surface area (Å²) in [6.45, 7) is 2.07. The molecule has 0 aromatic heterocycles. The number of rotatable bonds is 4. The first-order chi connectivity index (χ1) is 10.6. The zero-order valence-corrected chi connectivity index (χ0v) is 13.1. The first-order valence-electron chi connectivity index (χ1n) is 7.27. The Morgan fingerprint density at radius 2 is 1.77 bits per heavy atom. The molecule has 6 heteroatoms. The molecule has 1 saturated heterocycles. The smallest absolute Gasteiger partial charge is 0.236 e. The minimum Gasteiger partial charge on any atom is -0.339 e. The monoisotopic (exact) mass is 319 g/mol. The third kappa shape index (κ3) is 4.47. The Morgan fingerprint density at radius 1 is 1.14 bits per heavy atom. The first-order valence-corrected chi connectivity index (χ1v) is 7.65. The number of carbonyl (C=O) groups is 2. The molecule has 0 N–H and O–H groups in total. The van der Waals surface area contributed by atoms with Crippen LogP contribution in [0.15, 0.2) is 24.3 Å². The summed E-state index contributed by atoms with van der Waals surface area (Å²) in [4.78, 5) is 27.2. The van der Waals surface area contributed by atoms with Crippen LogP contribution in [0.25, 0.3) is 0 Å². The molecule has 0 unspecified atom stereocenters. The molecule has 0 bridgehead atoms. The minimum atomic E-state index is -0.159. The quantitative estimate of drug-likeness (QED) is 0.851. The van der Waals surface area contributed by atoms with Gasteiger partial charge in [0.2, 0.25) is 11.8 Å². The number of piperazine rings is 1. The van der Waals surface area contributed by atoms with E-state index in [1.165, 1.54) is 0 Å². The van der Waals surface area contributed by atoms with Crippen molar-refractivity contribution in [2.75, 3.05) is 26.2 Å². The molecular formula is C16H18ClN3O2. The van der Waals surface area contributed by atoms with Gasteiger partial charge < -0.3 is 9.80 Å². The first kappa shape index (κ1) is 16.3. The van der Waals surface area contributed by atoms with Gasteiger partial charge in [0.25, 0.3) is 0 Å². The molecule has 1 aromatic rings.